The fourth-order valence-electron chi connectivity index (χ4n) is 5.07. The second-order valence-electron chi connectivity index (χ2n) is 6.53. The molecule has 2 atom stereocenters. The van der Waals surface area contributed by atoms with Gasteiger partial charge in [0.05, 0.1) is 0 Å². The van der Waals surface area contributed by atoms with Crippen LogP contribution >= 0.6 is 0 Å². The van der Waals surface area contributed by atoms with E-state index in [0.29, 0.717) is 31.6 Å². The second kappa shape index (κ2) is 3.53. The molecule has 2 unspecified atom stereocenters. The minimum Gasteiger partial charge on any atom is -0.380 e. The van der Waals surface area contributed by atoms with Gasteiger partial charge in [-0.1, -0.05) is 12.2 Å². The highest BCUT2D eigenvalue weighted by Crippen LogP contribution is 2.67. The topological polar surface area (TPSA) is 20.2 Å². The molecule has 0 aliphatic heterocycles. The molecule has 0 aromatic heterocycles. The lowest BCUT2D eigenvalue weighted by Gasteiger charge is -2.62. The molecule has 18 heavy (non-hydrogen) atoms. The first-order chi connectivity index (χ1) is 8.31. The summed E-state index contributed by atoms with van der Waals surface area (Å²) in [6.45, 7) is 1.93. The van der Waals surface area contributed by atoms with Gasteiger partial charge in [-0.2, -0.15) is 13.2 Å². The van der Waals surface area contributed by atoms with Crippen molar-refractivity contribution < 1.29 is 18.3 Å². The molecule has 4 aliphatic carbocycles. The van der Waals surface area contributed by atoms with Gasteiger partial charge < -0.3 is 5.11 Å². The van der Waals surface area contributed by atoms with Crippen LogP contribution in [-0.2, 0) is 0 Å². The number of allylic oxidation sites excluding steroid dienone is 2. The Morgan fingerprint density at radius 1 is 1.11 bits per heavy atom. The molecule has 0 saturated heterocycles. The van der Waals surface area contributed by atoms with Crippen molar-refractivity contribution in [1.82, 2.24) is 0 Å². The molecule has 4 heteroatoms. The standard InChI is InChI=1S/C14H19F3O/c1-2-3-12-6-9-4-10(7-12)13(18,14(15,16)17)11(5-9)8-12/h2-3,9-11,18H,4-8H2,1H3/b3-2-. The van der Waals surface area contributed by atoms with Crippen LogP contribution in [0.5, 0.6) is 0 Å². The number of alkyl halides is 3. The summed E-state index contributed by atoms with van der Waals surface area (Å²) in [5.41, 5.74) is -2.49. The van der Waals surface area contributed by atoms with E-state index in [4.69, 9.17) is 0 Å². The SMILES string of the molecule is C/C=C\C12CC3CC(C1)C(O)(C(F)(F)F)C(C3)C2. The van der Waals surface area contributed by atoms with E-state index in [1.165, 1.54) is 0 Å². The van der Waals surface area contributed by atoms with Crippen molar-refractivity contribution in [3.05, 3.63) is 12.2 Å². The summed E-state index contributed by atoms with van der Waals surface area (Å²) in [7, 11) is 0. The predicted molar refractivity (Wildman–Crippen MR) is 61.8 cm³/mol. The summed E-state index contributed by atoms with van der Waals surface area (Å²) in [5.74, 6) is -0.818. The molecule has 4 bridgehead atoms. The van der Waals surface area contributed by atoms with Crippen LogP contribution in [0.2, 0.25) is 0 Å². The first-order valence-electron chi connectivity index (χ1n) is 6.74. The van der Waals surface area contributed by atoms with Gasteiger partial charge in [0.1, 0.15) is 0 Å². The highest BCUT2D eigenvalue weighted by molar-refractivity contribution is 5.18. The van der Waals surface area contributed by atoms with Crippen LogP contribution < -0.4 is 0 Å². The van der Waals surface area contributed by atoms with Crippen molar-refractivity contribution in [1.29, 1.82) is 0 Å². The molecule has 4 rings (SSSR count). The van der Waals surface area contributed by atoms with Crippen LogP contribution in [0.25, 0.3) is 0 Å². The monoisotopic (exact) mass is 260 g/mol. The van der Waals surface area contributed by atoms with Gasteiger partial charge in [-0.25, -0.2) is 0 Å². The molecule has 0 aromatic carbocycles. The summed E-state index contributed by atoms with van der Waals surface area (Å²) in [5, 5.41) is 10.3. The molecule has 0 amide bonds. The molecule has 102 valence electrons. The molecule has 0 aromatic rings. The molecule has 1 nitrogen and oxygen atoms in total. The molecule has 0 spiro atoms. The maximum absolute atomic E-state index is 13.2. The van der Waals surface area contributed by atoms with Crippen molar-refractivity contribution >= 4 is 0 Å². The number of halogens is 3. The zero-order chi connectivity index (χ0) is 13.2. The van der Waals surface area contributed by atoms with Crippen molar-refractivity contribution in [3.8, 4) is 0 Å². The average molecular weight is 260 g/mol. The Morgan fingerprint density at radius 2 is 1.67 bits per heavy atom. The smallest absolute Gasteiger partial charge is 0.380 e. The lowest BCUT2D eigenvalue weighted by atomic mass is 9.44. The number of aliphatic hydroxyl groups is 1. The van der Waals surface area contributed by atoms with E-state index in [1.54, 1.807) is 0 Å². The van der Waals surface area contributed by atoms with Gasteiger partial charge in [-0.05, 0) is 62.2 Å². The maximum Gasteiger partial charge on any atom is 0.417 e. The highest BCUT2D eigenvalue weighted by atomic mass is 19.4. The van der Waals surface area contributed by atoms with Gasteiger partial charge in [0, 0.05) is 0 Å². The number of hydrogen-bond donors (Lipinski definition) is 1. The normalized spacial score (nSPS) is 51.3. The van der Waals surface area contributed by atoms with Gasteiger partial charge >= 0.3 is 6.18 Å². The first-order valence-corrected chi connectivity index (χ1v) is 6.74. The van der Waals surface area contributed by atoms with Crippen LogP contribution in [0, 0.1) is 23.2 Å². The molecular weight excluding hydrogens is 241 g/mol. The second-order valence-corrected chi connectivity index (χ2v) is 6.53. The summed E-state index contributed by atoms with van der Waals surface area (Å²) in [6, 6.07) is 0. The van der Waals surface area contributed by atoms with Crippen LogP contribution in [0.15, 0.2) is 12.2 Å². The minimum absolute atomic E-state index is 0.0667. The van der Waals surface area contributed by atoms with Crippen molar-refractivity contribution in [2.45, 2.75) is 50.8 Å². The summed E-state index contributed by atoms with van der Waals surface area (Å²) < 4.78 is 39.7. The lowest BCUT2D eigenvalue weighted by Crippen LogP contribution is -2.66. The molecule has 0 radical (unpaired) electrons. The van der Waals surface area contributed by atoms with E-state index in [1.807, 2.05) is 13.0 Å². The van der Waals surface area contributed by atoms with Gasteiger partial charge in [0.25, 0.3) is 0 Å². The molecular formula is C14H19F3O. The van der Waals surface area contributed by atoms with Gasteiger partial charge in [0.2, 0.25) is 0 Å². The quantitative estimate of drug-likeness (QED) is 0.713. The van der Waals surface area contributed by atoms with Crippen LogP contribution in [0.4, 0.5) is 13.2 Å². The minimum atomic E-state index is -4.48. The van der Waals surface area contributed by atoms with E-state index in [-0.39, 0.29) is 5.41 Å². The third-order valence-electron chi connectivity index (χ3n) is 5.46. The van der Waals surface area contributed by atoms with Crippen molar-refractivity contribution in [2.24, 2.45) is 23.2 Å². The number of hydrogen-bond acceptors (Lipinski definition) is 1. The Hall–Kier alpha value is -0.510. The Labute approximate surface area is 105 Å². The summed E-state index contributed by atoms with van der Waals surface area (Å²) in [4.78, 5) is 0. The van der Waals surface area contributed by atoms with Crippen molar-refractivity contribution in [2.75, 3.05) is 0 Å². The zero-order valence-corrected chi connectivity index (χ0v) is 10.5. The molecule has 0 heterocycles. The fraction of sp³-hybridized carbons (Fsp3) is 0.857. The summed E-state index contributed by atoms with van der Waals surface area (Å²) in [6.07, 6.45) is 2.68. The summed E-state index contributed by atoms with van der Waals surface area (Å²) >= 11 is 0. The van der Waals surface area contributed by atoms with Gasteiger partial charge in [-0.15, -0.1) is 0 Å². The molecule has 4 fully saturated rings. The largest absolute Gasteiger partial charge is 0.417 e. The van der Waals surface area contributed by atoms with E-state index < -0.39 is 23.6 Å². The maximum atomic E-state index is 13.2. The first kappa shape index (κ1) is 12.5. The van der Waals surface area contributed by atoms with Crippen LogP contribution in [0.1, 0.15) is 39.0 Å². The van der Waals surface area contributed by atoms with E-state index in [9.17, 15) is 18.3 Å². The Balaban J connectivity index is 1.99. The predicted octanol–water partition coefficient (Wildman–Crippen LogP) is 3.68. The molecule has 4 saturated carbocycles. The van der Waals surface area contributed by atoms with E-state index >= 15 is 0 Å². The van der Waals surface area contributed by atoms with Crippen molar-refractivity contribution in [3.63, 3.8) is 0 Å². The van der Waals surface area contributed by atoms with Crippen LogP contribution in [0.3, 0.4) is 0 Å². The fourth-order valence-corrected chi connectivity index (χ4v) is 5.07. The number of rotatable bonds is 1. The van der Waals surface area contributed by atoms with Crippen LogP contribution in [-0.4, -0.2) is 16.9 Å². The lowest BCUT2D eigenvalue weighted by molar-refractivity contribution is -0.337. The molecule has 1 N–H and O–H groups in total. The van der Waals surface area contributed by atoms with E-state index in [0.717, 1.165) is 6.42 Å². The zero-order valence-electron chi connectivity index (χ0n) is 10.5. The van der Waals surface area contributed by atoms with E-state index in [2.05, 4.69) is 6.08 Å². The Bertz CT molecular complexity index is 369. The Morgan fingerprint density at radius 3 is 2.11 bits per heavy atom. The highest BCUT2D eigenvalue weighted by Gasteiger charge is 2.70. The molecule has 4 aliphatic rings. The van der Waals surface area contributed by atoms with Gasteiger partial charge in [0.15, 0.2) is 5.60 Å². The Kier molecular flexibility index (Phi) is 2.45. The van der Waals surface area contributed by atoms with Gasteiger partial charge in [-0.3, -0.25) is 0 Å². The third kappa shape index (κ3) is 1.44. The average Bonchev–Trinajstić information content (AvgIpc) is 2.22. The third-order valence-corrected chi connectivity index (χ3v) is 5.46.